The van der Waals surface area contributed by atoms with Crippen molar-refractivity contribution in [1.82, 2.24) is 0 Å². The summed E-state index contributed by atoms with van der Waals surface area (Å²) in [4.78, 5) is 23.1. The number of ketones is 1. The summed E-state index contributed by atoms with van der Waals surface area (Å²) < 4.78 is 5.43. The molecule has 5 nitrogen and oxygen atoms in total. The second-order valence-corrected chi connectivity index (χ2v) is 9.38. The topological polar surface area (TPSA) is 83.8 Å². The first-order chi connectivity index (χ1) is 13.8. The zero-order chi connectivity index (χ0) is 22.7. The molecule has 0 radical (unpaired) electrons. The van der Waals surface area contributed by atoms with Gasteiger partial charge in [-0.1, -0.05) is 47.6 Å². The molecule has 0 saturated carbocycles. The predicted octanol–water partition coefficient (Wildman–Crippen LogP) is 5.35. The number of phenolic OH excluding ortho intramolecular Hbond substituents is 1. The van der Waals surface area contributed by atoms with E-state index in [0.717, 1.165) is 16.7 Å². The molecule has 0 spiro atoms. The molecule has 0 unspecified atom stereocenters. The van der Waals surface area contributed by atoms with Crippen LogP contribution in [0.4, 0.5) is 0 Å². The lowest BCUT2D eigenvalue weighted by molar-refractivity contribution is -0.116. The number of ether oxygens (including phenoxy) is 1. The van der Waals surface area contributed by atoms with Gasteiger partial charge >= 0.3 is 5.97 Å². The molecular weight excluding hydrogens is 380 g/mol. The summed E-state index contributed by atoms with van der Waals surface area (Å²) in [6.07, 6.45) is 3.18. The Kier molecular flexibility index (Phi) is 6.76. The van der Waals surface area contributed by atoms with E-state index in [4.69, 9.17) is 9.84 Å². The van der Waals surface area contributed by atoms with E-state index in [1.54, 1.807) is 6.08 Å². The molecule has 0 bridgehead atoms. The van der Waals surface area contributed by atoms with Crippen LogP contribution in [0.1, 0.15) is 68.6 Å². The van der Waals surface area contributed by atoms with Gasteiger partial charge in [0, 0.05) is 11.1 Å². The molecule has 30 heavy (non-hydrogen) atoms. The Morgan fingerprint density at radius 1 is 0.933 bits per heavy atom. The van der Waals surface area contributed by atoms with Crippen LogP contribution in [0.2, 0.25) is 0 Å². The highest BCUT2D eigenvalue weighted by Gasteiger charge is 2.26. The lowest BCUT2D eigenvalue weighted by Gasteiger charge is -2.27. The minimum absolute atomic E-state index is 0.154. The summed E-state index contributed by atoms with van der Waals surface area (Å²) >= 11 is 0. The molecule has 0 saturated heterocycles. The van der Waals surface area contributed by atoms with Gasteiger partial charge in [-0.05, 0) is 58.9 Å². The van der Waals surface area contributed by atoms with E-state index >= 15 is 0 Å². The van der Waals surface area contributed by atoms with Crippen molar-refractivity contribution in [3.8, 4) is 11.5 Å². The van der Waals surface area contributed by atoms with E-state index in [0.29, 0.717) is 11.5 Å². The van der Waals surface area contributed by atoms with Crippen LogP contribution >= 0.6 is 0 Å². The second kappa shape index (κ2) is 8.74. The number of rotatable bonds is 6. The zero-order valence-corrected chi connectivity index (χ0v) is 18.4. The Morgan fingerprint density at radius 2 is 1.43 bits per heavy atom. The summed E-state index contributed by atoms with van der Waals surface area (Å²) in [5.74, 6) is -0.512. The SMILES string of the molecule is CC(C)(C)c1cc(C=CC(=O)COc2ccc(C(=O)O)cc2)cc(C(C)(C)C)c1O. The van der Waals surface area contributed by atoms with Gasteiger partial charge in [0.1, 0.15) is 11.5 Å². The van der Waals surface area contributed by atoms with Gasteiger partial charge in [0.25, 0.3) is 0 Å². The summed E-state index contributed by atoms with van der Waals surface area (Å²) in [5.41, 5.74) is 2.16. The summed E-state index contributed by atoms with van der Waals surface area (Å²) in [7, 11) is 0. The molecule has 0 amide bonds. The molecule has 2 rings (SSSR count). The van der Waals surface area contributed by atoms with Crippen LogP contribution in [-0.2, 0) is 15.6 Å². The highest BCUT2D eigenvalue weighted by Crippen LogP contribution is 2.40. The molecule has 0 fully saturated rings. The molecule has 5 heteroatoms. The van der Waals surface area contributed by atoms with Crippen LogP contribution in [0.3, 0.4) is 0 Å². The molecule has 0 aromatic heterocycles. The number of carboxylic acid groups (broad SMARTS) is 1. The maximum atomic E-state index is 12.2. The Morgan fingerprint density at radius 3 is 1.87 bits per heavy atom. The molecule has 160 valence electrons. The third kappa shape index (κ3) is 5.96. The number of benzene rings is 2. The van der Waals surface area contributed by atoms with Crippen LogP contribution in [-0.4, -0.2) is 28.6 Å². The normalized spacial score (nSPS) is 12.2. The summed E-state index contributed by atoms with van der Waals surface area (Å²) in [6.45, 7) is 12.1. The molecule has 0 heterocycles. The number of carbonyl (C=O) groups excluding carboxylic acids is 1. The van der Waals surface area contributed by atoms with Gasteiger partial charge < -0.3 is 14.9 Å². The predicted molar refractivity (Wildman–Crippen MR) is 118 cm³/mol. The van der Waals surface area contributed by atoms with Crippen LogP contribution in [0, 0.1) is 0 Å². The first-order valence-corrected chi connectivity index (χ1v) is 9.84. The lowest BCUT2D eigenvalue weighted by atomic mass is 9.78. The first-order valence-electron chi connectivity index (χ1n) is 9.84. The fraction of sp³-hybridized carbons (Fsp3) is 0.360. The second-order valence-electron chi connectivity index (χ2n) is 9.38. The number of carboxylic acids is 1. The van der Waals surface area contributed by atoms with Gasteiger partial charge in [-0.25, -0.2) is 4.79 Å². The number of hydrogen-bond donors (Lipinski definition) is 2. The van der Waals surface area contributed by atoms with Crippen molar-refractivity contribution >= 4 is 17.8 Å². The van der Waals surface area contributed by atoms with E-state index in [2.05, 4.69) is 0 Å². The Balaban J connectivity index is 2.18. The van der Waals surface area contributed by atoms with Crippen molar-refractivity contribution < 1.29 is 24.5 Å². The molecule has 2 aromatic rings. The molecule has 0 aliphatic heterocycles. The third-order valence-corrected chi connectivity index (χ3v) is 4.69. The van der Waals surface area contributed by atoms with E-state index in [1.807, 2.05) is 53.7 Å². The van der Waals surface area contributed by atoms with Crippen molar-refractivity contribution in [3.05, 3.63) is 64.7 Å². The average Bonchev–Trinajstić information content (AvgIpc) is 2.63. The maximum absolute atomic E-state index is 12.2. The van der Waals surface area contributed by atoms with E-state index in [1.165, 1.54) is 30.3 Å². The highest BCUT2D eigenvalue weighted by atomic mass is 16.5. The third-order valence-electron chi connectivity index (χ3n) is 4.69. The fourth-order valence-electron chi connectivity index (χ4n) is 2.98. The van der Waals surface area contributed by atoms with Gasteiger partial charge in [-0.15, -0.1) is 0 Å². The van der Waals surface area contributed by atoms with Crippen molar-refractivity contribution in [2.24, 2.45) is 0 Å². The van der Waals surface area contributed by atoms with Crippen molar-refractivity contribution in [1.29, 1.82) is 0 Å². The Labute approximate surface area is 178 Å². The quantitative estimate of drug-likeness (QED) is 0.628. The largest absolute Gasteiger partial charge is 0.507 e. The minimum atomic E-state index is -1.02. The Bertz CT molecular complexity index is 920. The minimum Gasteiger partial charge on any atom is -0.507 e. The standard InChI is InChI=1S/C25H30O5/c1-24(2,3)20-13-16(14-21(22(20)27)25(4,5)6)7-10-18(26)15-30-19-11-8-17(9-12-19)23(28)29/h7-14,27H,15H2,1-6H3,(H,28,29). The fourth-order valence-corrected chi connectivity index (χ4v) is 2.98. The molecular formula is C25H30O5. The summed E-state index contributed by atoms with van der Waals surface area (Å²) in [5, 5.41) is 19.7. The summed E-state index contributed by atoms with van der Waals surface area (Å²) in [6, 6.07) is 9.70. The van der Waals surface area contributed by atoms with Gasteiger partial charge in [-0.3, -0.25) is 4.79 Å². The van der Waals surface area contributed by atoms with Crippen LogP contribution in [0.15, 0.2) is 42.5 Å². The van der Waals surface area contributed by atoms with Gasteiger partial charge in [0.05, 0.1) is 5.56 Å². The number of phenols is 1. The van der Waals surface area contributed by atoms with Crippen molar-refractivity contribution in [2.75, 3.05) is 6.61 Å². The van der Waals surface area contributed by atoms with Crippen LogP contribution in [0.25, 0.3) is 6.08 Å². The van der Waals surface area contributed by atoms with Crippen molar-refractivity contribution in [3.63, 3.8) is 0 Å². The highest BCUT2D eigenvalue weighted by molar-refractivity contribution is 5.94. The van der Waals surface area contributed by atoms with E-state index in [-0.39, 0.29) is 28.8 Å². The number of hydrogen-bond acceptors (Lipinski definition) is 4. The number of aromatic carboxylic acids is 1. The van der Waals surface area contributed by atoms with Gasteiger partial charge in [-0.2, -0.15) is 0 Å². The molecule has 2 N–H and O–H groups in total. The molecule has 0 atom stereocenters. The van der Waals surface area contributed by atoms with Crippen LogP contribution in [0.5, 0.6) is 11.5 Å². The average molecular weight is 411 g/mol. The monoisotopic (exact) mass is 410 g/mol. The van der Waals surface area contributed by atoms with E-state index < -0.39 is 5.97 Å². The van der Waals surface area contributed by atoms with Gasteiger partial charge in [0.2, 0.25) is 0 Å². The van der Waals surface area contributed by atoms with E-state index in [9.17, 15) is 14.7 Å². The molecule has 0 aliphatic carbocycles. The lowest BCUT2D eigenvalue weighted by Crippen LogP contribution is -2.17. The zero-order valence-electron chi connectivity index (χ0n) is 18.4. The van der Waals surface area contributed by atoms with Crippen molar-refractivity contribution in [2.45, 2.75) is 52.4 Å². The first kappa shape index (κ1) is 23.2. The maximum Gasteiger partial charge on any atom is 0.335 e. The van der Waals surface area contributed by atoms with Gasteiger partial charge in [0.15, 0.2) is 12.4 Å². The Hall–Kier alpha value is -3.08. The number of carbonyl (C=O) groups is 2. The smallest absolute Gasteiger partial charge is 0.335 e. The van der Waals surface area contributed by atoms with Crippen LogP contribution < -0.4 is 4.74 Å². The molecule has 2 aromatic carbocycles. The molecule has 0 aliphatic rings. The number of aromatic hydroxyl groups is 1.